The SMILES string of the molecule is Cc1nnc2ccc(SCC(=O)N3CCC(OCc4ccccc4)CC3)nn12. The van der Waals surface area contributed by atoms with Gasteiger partial charge in [-0.15, -0.1) is 10.2 Å². The molecule has 0 spiro atoms. The van der Waals surface area contributed by atoms with Crippen LogP contribution in [0.1, 0.15) is 24.2 Å². The van der Waals surface area contributed by atoms with E-state index in [0.717, 1.165) is 36.8 Å². The van der Waals surface area contributed by atoms with Gasteiger partial charge in [0.2, 0.25) is 5.91 Å². The van der Waals surface area contributed by atoms with Gasteiger partial charge in [-0.25, -0.2) is 0 Å². The van der Waals surface area contributed by atoms with Crippen LogP contribution in [0.15, 0.2) is 47.5 Å². The second kappa shape index (κ2) is 8.70. The summed E-state index contributed by atoms with van der Waals surface area (Å²) in [5, 5.41) is 13.3. The van der Waals surface area contributed by atoms with Gasteiger partial charge in [-0.3, -0.25) is 4.79 Å². The predicted molar refractivity (Wildman–Crippen MR) is 107 cm³/mol. The van der Waals surface area contributed by atoms with E-state index in [1.807, 2.05) is 42.2 Å². The lowest BCUT2D eigenvalue weighted by atomic mass is 10.1. The van der Waals surface area contributed by atoms with Gasteiger partial charge in [-0.05, 0) is 37.5 Å². The highest BCUT2D eigenvalue weighted by atomic mass is 32.2. The summed E-state index contributed by atoms with van der Waals surface area (Å²) in [6.45, 7) is 3.98. The zero-order valence-electron chi connectivity index (χ0n) is 15.8. The van der Waals surface area contributed by atoms with Gasteiger partial charge in [0.05, 0.1) is 18.5 Å². The molecular weight excluding hydrogens is 374 g/mol. The molecular formula is C20H23N5O2S. The molecule has 1 aliphatic rings. The maximum absolute atomic E-state index is 12.5. The molecule has 7 nitrogen and oxygen atoms in total. The predicted octanol–water partition coefficient (Wildman–Crippen LogP) is 2.73. The molecule has 1 aliphatic heterocycles. The standard InChI is InChI=1S/C20H23N5O2S/c1-15-21-22-18-7-8-19(23-25(15)18)28-14-20(26)24-11-9-17(10-12-24)27-13-16-5-3-2-4-6-16/h2-8,17H,9-14H2,1H3. The summed E-state index contributed by atoms with van der Waals surface area (Å²) in [5.41, 5.74) is 1.90. The maximum Gasteiger partial charge on any atom is 0.232 e. The molecule has 28 heavy (non-hydrogen) atoms. The Kier molecular flexibility index (Phi) is 5.87. The minimum Gasteiger partial charge on any atom is -0.373 e. The number of carbonyl (C=O) groups is 1. The number of thioether (sulfide) groups is 1. The van der Waals surface area contributed by atoms with Crippen LogP contribution in [0.3, 0.4) is 0 Å². The summed E-state index contributed by atoms with van der Waals surface area (Å²) < 4.78 is 7.70. The van der Waals surface area contributed by atoms with Gasteiger partial charge in [-0.2, -0.15) is 9.61 Å². The highest BCUT2D eigenvalue weighted by Gasteiger charge is 2.23. The minimum absolute atomic E-state index is 0.147. The first-order valence-corrected chi connectivity index (χ1v) is 10.4. The van der Waals surface area contributed by atoms with Crippen molar-refractivity contribution in [3.63, 3.8) is 0 Å². The molecule has 0 radical (unpaired) electrons. The van der Waals surface area contributed by atoms with Gasteiger partial charge in [0.1, 0.15) is 5.03 Å². The lowest BCUT2D eigenvalue weighted by molar-refractivity contribution is -0.131. The van der Waals surface area contributed by atoms with Crippen LogP contribution in [0, 0.1) is 6.92 Å². The molecule has 4 rings (SSSR count). The Hall–Kier alpha value is -2.45. The molecule has 0 atom stereocenters. The van der Waals surface area contributed by atoms with Crippen molar-refractivity contribution in [3.05, 3.63) is 53.9 Å². The highest BCUT2D eigenvalue weighted by molar-refractivity contribution is 7.99. The first-order chi connectivity index (χ1) is 13.7. The summed E-state index contributed by atoms with van der Waals surface area (Å²) in [6.07, 6.45) is 1.98. The third-order valence-electron chi connectivity index (χ3n) is 4.86. The average Bonchev–Trinajstić information content (AvgIpc) is 3.12. The monoisotopic (exact) mass is 397 g/mol. The number of aromatic nitrogens is 4. The van der Waals surface area contributed by atoms with E-state index >= 15 is 0 Å². The van der Waals surface area contributed by atoms with E-state index in [2.05, 4.69) is 27.4 Å². The smallest absolute Gasteiger partial charge is 0.232 e. The second-order valence-corrected chi connectivity index (χ2v) is 7.85. The number of benzene rings is 1. The van der Waals surface area contributed by atoms with Gasteiger partial charge in [0.15, 0.2) is 11.5 Å². The highest BCUT2D eigenvalue weighted by Crippen LogP contribution is 2.20. The summed E-state index contributed by atoms with van der Waals surface area (Å²) in [4.78, 5) is 14.5. The Morgan fingerprint density at radius 1 is 1.14 bits per heavy atom. The van der Waals surface area contributed by atoms with E-state index in [9.17, 15) is 4.79 Å². The number of rotatable bonds is 6. The van der Waals surface area contributed by atoms with Crippen LogP contribution in [0.25, 0.3) is 5.65 Å². The van der Waals surface area contributed by atoms with Crippen LogP contribution in [0.2, 0.25) is 0 Å². The largest absolute Gasteiger partial charge is 0.373 e. The third-order valence-corrected chi connectivity index (χ3v) is 5.77. The van der Waals surface area contributed by atoms with E-state index in [-0.39, 0.29) is 12.0 Å². The number of carbonyl (C=O) groups excluding carboxylic acids is 1. The first kappa shape index (κ1) is 18.9. The van der Waals surface area contributed by atoms with Crippen LogP contribution in [0.4, 0.5) is 0 Å². The Morgan fingerprint density at radius 2 is 1.93 bits per heavy atom. The van der Waals surface area contributed by atoms with E-state index < -0.39 is 0 Å². The van der Waals surface area contributed by atoms with E-state index in [0.29, 0.717) is 18.0 Å². The van der Waals surface area contributed by atoms with Crippen molar-refractivity contribution in [2.75, 3.05) is 18.8 Å². The average molecular weight is 398 g/mol. The summed E-state index contributed by atoms with van der Waals surface area (Å²) in [5.74, 6) is 1.27. The molecule has 1 fully saturated rings. The third kappa shape index (κ3) is 4.51. The fourth-order valence-electron chi connectivity index (χ4n) is 3.24. The van der Waals surface area contributed by atoms with Crippen molar-refractivity contribution in [3.8, 4) is 0 Å². The molecule has 0 bridgehead atoms. The van der Waals surface area contributed by atoms with Gasteiger partial charge in [0.25, 0.3) is 0 Å². The van der Waals surface area contributed by atoms with E-state index in [1.165, 1.54) is 17.3 Å². The second-order valence-electron chi connectivity index (χ2n) is 6.85. The number of likely N-dealkylation sites (tertiary alicyclic amines) is 1. The zero-order valence-corrected chi connectivity index (χ0v) is 16.6. The molecule has 1 amide bonds. The molecule has 1 saturated heterocycles. The number of hydrogen-bond donors (Lipinski definition) is 0. The fourth-order valence-corrected chi connectivity index (χ4v) is 4.00. The van der Waals surface area contributed by atoms with Gasteiger partial charge in [0, 0.05) is 13.1 Å². The molecule has 0 saturated carbocycles. The molecule has 0 unspecified atom stereocenters. The lowest BCUT2D eigenvalue weighted by Crippen LogP contribution is -2.41. The Morgan fingerprint density at radius 3 is 2.71 bits per heavy atom. The van der Waals surface area contributed by atoms with Crippen molar-refractivity contribution in [2.24, 2.45) is 0 Å². The van der Waals surface area contributed by atoms with Gasteiger partial charge < -0.3 is 9.64 Å². The first-order valence-electron chi connectivity index (χ1n) is 9.44. The van der Waals surface area contributed by atoms with Crippen LogP contribution in [-0.2, 0) is 16.1 Å². The topological polar surface area (TPSA) is 72.6 Å². The number of nitrogens with zero attached hydrogens (tertiary/aromatic N) is 5. The number of ether oxygens (including phenoxy) is 1. The van der Waals surface area contributed by atoms with Crippen LogP contribution >= 0.6 is 11.8 Å². The lowest BCUT2D eigenvalue weighted by Gasteiger charge is -2.32. The summed E-state index contributed by atoms with van der Waals surface area (Å²) in [6, 6.07) is 13.9. The molecule has 0 N–H and O–H groups in total. The van der Waals surface area contributed by atoms with Gasteiger partial charge in [-0.1, -0.05) is 42.1 Å². The van der Waals surface area contributed by atoms with Crippen molar-refractivity contribution in [2.45, 2.75) is 37.5 Å². The van der Waals surface area contributed by atoms with Crippen molar-refractivity contribution in [1.29, 1.82) is 0 Å². The van der Waals surface area contributed by atoms with E-state index in [1.54, 1.807) is 4.52 Å². The van der Waals surface area contributed by atoms with Crippen LogP contribution < -0.4 is 0 Å². The van der Waals surface area contributed by atoms with Crippen LogP contribution in [-0.4, -0.2) is 55.6 Å². The Bertz CT molecular complexity index is 938. The number of hydrogen-bond acceptors (Lipinski definition) is 6. The molecule has 2 aromatic heterocycles. The maximum atomic E-state index is 12.5. The summed E-state index contributed by atoms with van der Waals surface area (Å²) in [7, 11) is 0. The van der Waals surface area contributed by atoms with E-state index in [4.69, 9.17) is 4.74 Å². The molecule has 8 heteroatoms. The van der Waals surface area contributed by atoms with Crippen molar-refractivity contribution < 1.29 is 9.53 Å². The molecule has 1 aromatic carbocycles. The zero-order chi connectivity index (χ0) is 19.3. The minimum atomic E-state index is 0.147. The Labute approximate surface area is 168 Å². The number of amides is 1. The molecule has 3 aromatic rings. The number of aryl methyl sites for hydroxylation is 1. The quantitative estimate of drug-likeness (QED) is 0.596. The summed E-state index contributed by atoms with van der Waals surface area (Å²) >= 11 is 1.45. The van der Waals surface area contributed by atoms with Crippen LogP contribution in [0.5, 0.6) is 0 Å². The number of fused-ring (bicyclic) bond motifs is 1. The van der Waals surface area contributed by atoms with Gasteiger partial charge >= 0.3 is 0 Å². The van der Waals surface area contributed by atoms with Crippen molar-refractivity contribution in [1.82, 2.24) is 24.7 Å². The van der Waals surface area contributed by atoms with Crippen molar-refractivity contribution >= 4 is 23.3 Å². The molecule has 146 valence electrons. The Balaban J connectivity index is 1.23. The number of piperidine rings is 1. The normalized spacial score (nSPS) is 15.2. The molecule has 0 aliphatic carbocycles. The molecule has 3 heterocycles. The fraction of sp³-hybridized carbons (Fsp3) is 0.400.